The molecule has 1 aliphatic rings. The first kappa shape index (κ1) is 22.2. The minimum atomic E-state index is -0.183. The third kappa shape index (κ3) is 4.81. The van der Waals surface area contributed by atoms with Crippen molar-refractivity contribution >= 4 is 61.9 Å². The lowest BCUT2D eigenvalue weighted by Gasteiger charge is -2.15. The number of methoxy groups -OCH3 is 1. The summed E-state index contributed by atoms with van der Waals surface area (Å²) >= 11 is 10.2. The molecule has 1 heterocycles. The van der Waals surface area contributed by atoms with E-state index in [0.29, 0.717) is 37.5 Å². The number of carbonyl (C=O) groups excluding carboxylic acids is 1. The Kier molecular flexibility index (Phi) is 7.43. The maximum atomic E-state index is 13.0. The van der Waals surface area contributed by atoms with Crippen molar-refractivity contribution in [2.75, 3.05) is 25.2 Å². The number of carbonyl (C=O) groups is 1. The second-order valence-corrected chi connectivity index (χ2v) is 8.50. The maximum Gasteiger partial charge on any atom is 0.270 e. The minimum Gasteiger partial charge on any atom is -0.494 e. The van der Waals surface area contributed by atoms with E-state index in [-0.39, 0.29) is 12.5 Å². The van der Waals surface area contributed by atoms with Crippen molar-refractivity contribution in [1.82, 2.24) is 0 Å². The monoisotopic (exact) mass is 503 g/mol. The SMILES string of the molecule is C#CCOc1c(Br)cc(/C=C2\SC(=S)N(c3ccc(OCC)cc3)C2=O)cc1OC. The lowest BCUT2D eigenvalue weighted by Crippen LogP contribution is -2.27. The van der Waals surface area contributed by atoms with Crippen molar-refractivity contribution in [2.24, 2.45) is 0 Å². The summed E-state index contributed by atoms with van der Waals surface area (Å²) in [5, 5.41) is 0. The normalized spacial score (nSPS) is 14.7. The van der Waals surface area contributed by atoms with Crippen LogP contribution in [-0.4, -0.2) is 30.6 Å². The summed E-state index contributed by atoms with van der Waals surface area (Å²) in [5.74, 6) is 4.00. The molecule has 1 aliphatic heterocycles. The number of terminal acetylenes is 1. The van der Waals surface area contributed by atoms with Crippen LogP contribution < -0.4 is 19.1 Å². The van der Waals surface area contributed by atoms with E-state index in [1.165, 1.54) is 16.7 Å². The zero-order valence-electron chi connectivity index (χ0n) is 16.3. The molecule has 0 unspecified atom stereocenters. The second-order valence-electron chi connectivity index (χ2n) is 5.97. The first-order chi connectivity index (χ1) is 14.5. The number of benzene rings is 2. The van der Waals surface area contributed by atoms with Gasteiger partial charge in [-0.15, -0.1) is 6.42 Å². The van der Waals surface area contributed by atoms with E-state index < -0.39 is 0 Å². The molecule has 154 valence electrons. The molecule has 3 rings (SSSR count). The molecule has 0 saturated carbocycles. The highest BCUT2D eigenvalue weighted by Crippen LogP contribution is 2.40. The fraction of sp³-hybridized carbons (Fsp3) is 0.182. The van der Waals surface area contributed by atoms with E-state index in [1.54, 1.807) is 19.3 Å². The standard InChI is InChI=1S/C22H18BrNO4S2/c1-4-10-28-20-17(23)11-14(12-18(20)26-3)13-19-21(25)24(22(29)30-19)15-6-8-16(9-7-15)27-5-2/h1,6-9,11-13H,5,10H2,2-3H3/b19-13-. The molecule has 1 saturated heterocycles. The zero-order valence-corrected chi connectivity index (χ0v) is 19.5. The summed E-state index contributed by atoms with van der Waals surface area (Å²) < 4.78 is 17.5. The van der Waals surface area contributed by atoms with Gasteiger partial charge in [0.1, 0.15) is 12.4 Å². The van der Waals surface area contributed by atoms with Crippen molar-refractivity contribution in [3.8, 4) is 29.6 Å². The Labute approximate surface area is 193 Å². The fourth-order valence-electron chi connectivity index (χ4n) is 2.78. The Balaban J connectivity index is 1.88. The van der Waals surface area contributed by atoms with Crippen molar-refractivity contribution < 1.29 is 19.0 Å². The minimum absolute atomic E-state index is 0.120. The van der Waals surface area contributed by atoms with Gasteiger partial charge in [0, 0.05) is 0 Å². The molecule has 0 N–H and O–H groups in total. The number of nitrogens with zero attached hydrogens (tertiary/aromatic N) is 1. The molecular formula is C22H18BrNO4S2. The summed E-state index contributed by atoms with van der Waals surface area (Å²) in [6.45, 7) is 2.62. The van der Waals surface area contributed by atoms with E-state index in [2.05, 4.69) is 21.9 Å². The van der Waals surface area contributed by atoms with E-state index in [4.69, 9.17) is 32.9 Å². The zero-order chi connectivity index (χ0) is 21.7. The van der Waals surface area contributed by atoms with Gasteiger partial charge in [-0.1, -0.05) is 29.9 Å². The largest absolute Gasteiger partial charge is 0.494 e. The quantitative estimate of drug-likeness (QED) is 0.291. The molecule has 2 aromatic rings. The van der Waals surface area contributed by atoms with Gasteiger partial charge in [0.15, 0.2) is 15.8 Å². The summed E-state index contributed by atoms with van der Waals surface area (Å²) in [6.07, 6.45) is 7.03. The number of rotatable bonds is 7. The lowest BCUT2D eigenvalue weighted by atomic mass is 10.1. The maximum absolute atomic E-state index is 13.0. The topological polar surface area (TPSA) is 48.0 Å². The van der Waals surface area contributed by atoms with Crippen LogP contribution in [0.25, 0.3) is 6.08 Å². The van der Waals surface area contributed by atoms with Crippen molar-refractivity contribution in [2.45, 2.75) is 6.92 Å². The molecule has 8 heteroatoms. The summed E-state index contributed by atoms with van der Waals surface area (Å²) in [5.41, 5.74) is 1.46. The summed E-state index contributed by atoms with van der Waals surface area (Å²) in [4.78, 5) is 15.0. The molecule has 0 radical (unpaired) electrons. The Morgan fingerprint density at radius 1 is 1.27 bits per heavy atom. The highest BCUT2D eigenvalue weighted by atomic mass is 79.9. The van der Waals surface area contributed by atoms with Crippen molar-refractivity contribution in [1.29, 1.82) is 0 Å². The van der Waals surface area contributed by atoms with Crippen LogP contribution in [-0.2, 0) is 4.79 Å². The van der Waals surface area contributed by atoms with Crippen LogP contribution in [0.15, 0.2) is 45.8 Å². The number of thioether (sulfide) groups is 1. The number of amides is 1. The third-order valence-electron chi connectivity index (χ3n) is 4.05. The van der Waals surface area contributed by atoms with Crippen LogP contribution in [0.2, 0.25) is 0 Å². The van der Waals surface area contributed by atoms with E-state index in [1.807, 2.05) is 37.3 Å². The van der Waals surface area contributed by atoms with Gasteiger partial charge in [-0.3, -0.25) is 9.69 Å². The van der Waals surface area contributed by atoms with Crippen molar-refractivity contribution in [3.05, 3.63) is 51.3 Å². The molecule has 0 atom stereocenters. The molecule has 0 spiro atoms. The molecule has 2 aromatic carbocycles. The molecule has 30 heavy (non-hydrogen) atoms. The van der Waals surface area contributed by atoms with Crippen LogP contribution >= 0.6 is 39.9 Å². The van der Waals surface area contributed by atoms with Gasteiger partial charge in [0.05, 0.1) is 28.8 Å². The van der Waals surface area contributed by atoms with Crippen LogP contribution in [0.1, 0.15) is 12.5 Å². The van der Waals surface area contributed by atoms with Gasteiger partial charge < -0.3 is 14.2 Å². The number of hydrogen-bond acceptors (Lipinski definition) is 6. The first-order valence-corrected chi connectivity index (χ1v) is 10.9. The summed E-state index contributed by atoms with van der Waals surface area (Å²) in [6, 6.07) is 10.9. The average molecular weight is 504 g/mol. The highest BCUT2D eigenvalue weighted by molar-refractivity contribution is 9.10. The Hall–Kier alpha value is -2.47. The van der Waals surface area contributed by atoms with Crippen LogP contribution in [0.4, 0.5) is 5.69 Å². The van der Waals surface area contributed by atoms with Crippen LogP contribution in [0.3, 0.4) is 0 Å². The summed E-state index contributed by atoms with van der Waals surface area (Å²) in [7, 11) is 1.54. The van der Waals surface area contributed by atoms with E-state index in [9.17, 15) is 4.79 Å². The molecule has 1 amide bonds. The van der Waals surface area contributed by atoms with Gasteiger partial charge in [0.25, 0.3) is 5.91 Å². The Bertz CT molecular complexity index is 1040. The number of ether oxygens (including phenoxy) is 3. The molecule has 0 aliphatic carbocycles. The Morgan fingerprint density at radius 3 is 2.63 bits per heavy atom. The number of halogens is 1. The predicted molar refractivity (Wildman–Crippen MR) is 128 cm³/mol. The third-order valence-corrected chi connectivity index (χ3v) is 5.94. The van der Waals surface area contributed by atoms with Crippen molar-refractivity contribution in [3.63, 3.8) is 0 Å². The number of hydrogen-bond donors (Lipinski definition) is 0. The van der Waals surface area contributed by atoms with Gasteiger partial charge in [0.2, 0.25) is 0 Å². The highest BCUT2D eigenvalue weighted by Gasteiger charge is 2.33. The van der Waals surface area contributed by atoms with Gasteiger partial charge in [-0.2, -0.15) is 0 Å². The van der Waals surface area contributed by atoms with Gasteiger partial charge >= 0.3 is 0 Å². The molecule has 0 bridgehead atoms. The van der Waals surface area contributed by atoms with Crippen LogP contribution in [0, 0.1) is 12.3 Å². The first-order valence-electron chi connectivity index (χ1n) is 8.93. The van der Waals surface area contributed by atoms with Gasteiger partial charge in [-0.25, -0.2) is 0 Å². The fourth-order valence-corrected chi connectivity index (χ4v) is 4.65. The molecule has 1 fully saturated rings. The van der Waals surface area contributed by atoms with Crippen LogP contribution in [0.5, 0.6) is 17.2 Å². The smallest absolute Gasteiger partial charge is 0.270 e. The van der Waals surface area contributed by atoms with Gasteiger partial charge in [-0.05, 0) is 70.9 Å². The number of thiocarbonyl (C=S) groups is 1. The molecular weight excluding hydrogens is 486 g/mol. The molecule has 0 aromatic heterocycles. The average Bonchev–Trinajstić information content (AvgIpc) is 3.00. The number of anilines is 1. The van der Waals surface area contributed by atoms with E-state index in [0.717, 1.165) is 11.3 Å². The molecule has 5 nitrogen and oxygen atoms in total. The predicted octanol–water partition coefficient (Wildman–Crippen LogP) is 5.27. The Morgan fingerprint density at radius 2 is 2.00 bits per heavy atom. The van der Waals surface area contributed by atoms with E-state index >= 15 is 0 Å². The second kappa shape index (κ2) is 10.0. The lowest BCUT2D eigenvalue weighted by molar-refractivity contribution is -0.113.